The van der Waals surface area contributed by atoms with Crippen LogP contribution in [0.4, 0.5) is 0 Å². The SMILES string of the molecule is CC(NC(=O)c1cccc2c1OCCO2)C1CCNCC1. The maximum Gasteiger partial charge on any atom is 0.255 e. The summed E-state index contributed by atoms with van der Waals surface area (Å²) in [6.45, 7) is 5.16. The van der Waals surface area contributed by atoms with E-state index in [0.717, 1.165) is 25.9 Å². The lowest BCUT2D eigenvalue weighted by Gasteiger charge is -2.29. The number of para-hydroxylation sites is 1. The van der Waals surface area contributed by atoms with Crippen molar-refractivity contribution in [2.75, 3.05) is 26.3 Å². The summed E-state index contributed by atoms with van der Waals surface area (Å²) in [5, 5.41) is 6.46. The Morgan fingerprint density at radius 1 is 1.29 bits per heavy atom. The first-order chi connectivity index (χ1) is 10.3. The van der Waals surface area contributed by atoms with Crippen molar-refractivity contribution < 1.29 is 14.3 Å². The fourth-order valence-corrected chi connectivity index (χ4v) is 3.00. The lowest BCUT2D eigenvalue weighted by molar-refractivity contribution is 0.0910. The highest BCUT2D eigenvalue weighted by Crippen LogP contribution is 2.33. The lowest BCUT2D eigenvalue weighted by Crippen LogP contribution is -2.42. The van der Waals surface area contributed by atoms with Crippen molar-refractivity contribution in [1.82, 2.24) is 10.6 Å². The van der Waals surface area contributed by atoms with Gasteiger partial charge in [0.2, 0.25) is 0 Å². The first kappa shape index (κ1) is 14.2. The molecular formula is C16H22N2O3. The summed E-state index contributed by atoms with van der Waals surface area (Å²) in [4.78, 5) is 12.5. The van der Waals surface area contributed by atoms with E-state index in [-0.39, 0.29) is 11.9 Å². The van der Waals surface area contributed by atoms with E-state index in [2.05, 4.69) is 17.6 Å². The number of benzene rings is 1. The standard InChI is InChI=1S/C16H22N2O3/c1-11(12-5-7-17-8-6-12)18-16(19)13-3-2-4-14-15(13)21-10-9-20-14/h2-4,11-12,17H,5-10H2,1H3,(H,18,19). The number of carbonyl (C=O) groups is 1. The van der Waals surface area contributed by atoms with Crippen molar-refractivity contribution in [3.8, 4) is 11.5 Å². The van der Waals surface area contributed by atoms with Crippen molar-refractivity contribution >= 4 is 5.91 Å². The molecule has 1 saturated heterocycles. The highest BCUT2D eigenvalue weighted by atomic mass is 16.6. The molecular weight excluding hydrogens is 268 g/mol. The molecule has 2 heterocycles. The van der Waals surface area contributed by atoms with Crippen LogP contribution in [-0.2, 0) is 0 Å². The first-order valence-electron chi connectivity index (χ1n) is 7.66. The van der Waals surface area contributed by atoms with Gasteiger partial charge in [0.15, 0.2) is 11.5 Å². The third-order valence-corrected chi connectivity index (χ3v) is 4.26. The lowest BCUT2D eigenvalue weighted by atomic mass is 9.91. The third kappa shape index (κ3) is 3.13. The minimum atomic E-state index is -0.0802. The molecule has 1 atom stereocenters. The van der Waals surface area contributed by atoms with Gasteiger partial charge < -0.3 is 20.1 Å². The summed E-state index contributed by atoms with van der Waals surface area (Å²) in [6, 6.07) is 5.62. The number of fused-ring (bicyclic) bond motifs is 1. The van der Waals surface area contributed by atoms with Gasteiger partial charge in [0.1, 0.15) is 13.2 Å². The molecule has 2 aliphatic heterocycles. The maximum absolute atomic E-state index is 12.5. The van der Waals surface area contributed by atoms with Crippen LogP contribution in [0.5, 0.6) is 11.5 Å². The molecule has 1 unspecified atom stereocenters. The van der Waals surface area contributed by atoms with E-state index in [0.29, 0.717) is 36.2 Å². The average Bonchev–Trinajstić information content (AvgIpc) is 2.55. The van der Waals surface area contributed by atoms with Gasteiger partial charge in [-0.2, -0.15) is 0 Å². The first-order valence-corrected chi connectivity index (χ1v) is 7.66. The van der Waals surface area contributed by atoms with Crippen LogP contribution in [0.1, 0.15) is 30.1 Å². The number of carbonyl (C=O) groups excluding carboxylic acids is 1. The van der Waals surface area contributed by atoms with Crippen LogP contribution in [0.2, 0.25) is 0 Å². The second kappa shape index (κ2) is 6.35. The highest BCUT2D eigenvalue weighted by Gasteiger charge is 2.25. The topological polar surface area (TPSA) is 59.6 Å². The second-order valence-electron chi connectivity index (χ2n) is 5.68. The molecule has 1 fully saturated rings. The van der Waals surface area contributed by atoms with Gasteiger partial charge in [0.05, 0.1) is 5.56 Å². The van der Waals surface area contributed by atoms with E-state index < -0.39 is 0 Å². The maximum atomic E-state index is 12.5. The van der Waals surface area contributed by atoms with Crippen molar-refractivity contribution in [1.29, 1.82) is 0 Å². The molecule has 21 heavy (non-hydrogen) atoms. The Kier molecular flexibility index (Phi) is 4.29. The largest absolute Gasteiger partial charge is 0.486 e. The van der Waals surface area contributed by atoms with Crippen LogP contribution >= 0.6 is 0 Å². The van der Waals surface area contributed by atoms with Gasteiger partial charge in [-0.3, -0.25) is 4.79 Å². The number of amides is 1. The van der Waals surface area contributed by atoms with Crippen molar-refractivity contribution in [2.45, 2.75) is 25.8 Å². The minimum Gasteiger partial charge on any atom is -0.486 e. The van der Waals surface area contributed by atoms with E-state index in [1.165, 1.54) is 0 Å². The molecule has 5 heteroatoms. The molecule has 5 nitrogen and oxygen atoms in total. The number of rotatable bonds is 3. The number of ether oxygens (including phenoxy) is 2. The van der Waals surface area contributed by atoms with Crippen LogP contribution in [0.3, 0.4) is 0 Å². The van der Waals surface area contributed by atoms with Crippen LogP contribution in [0.25, 0.3) is 0 Å². The Hall–Kier alpha value is -1.75. The van der Waals surface area contributed by atoms with E-state index in [1.807, 2.05) is 12.1 Å². The Balaban J connectivity index is 1.70. The molecule has 0 bridgehead atoms. The number of hydrogen-bond acceptors (Lipinski definition) is 4. The Morgan fingerprint density at radius 3 is 2.86 bits per heavy atom. The van der Waals surface area contributed by atoms with Gasteiger partial charge >= 0.3 is 0 Å². The number of hydrogen-bond donors (Lipinski definition) is 2. The summed E-state index contributed by atoms with van der Waals surface area (Å²) in [5.74, 6) is 1.68. The van der Waals surface area contributed by atoms with Gasteiger partial charge in [0, 0.05) is 6.04 Å². The number of nitrogens with one attached hydrogen (secondary N) is 2. The molecule has 1 aromatic carbocycles. The van der Waals surface area contributed by atoms with E-state index >= 15 is 0 Å². The fraction of sp³-hybridized carbons (Fsp3) is 0.562. The summed E-state index contributed by atoms with van der Waals surface area (Å²) in [5.41, 5.74) is 0.563. The van der Waals surface area contributed by atoms with Gasteiger partial charge in [-0.15, -0.1) is 0 Å². The molecule has 2 N–H and O–H groups in total. The zero-order valence-electron chi connectivity index (χ0n) is 12.4. The summed E-state index contributed by atoms with van der Waals surface area (Å²) in [6.07, 6.45) is 2.21. The zero-order valence-corrected chi connectivity index (χ0v) is 12.4. The molecule has 0 aliphatic carbocycles. The van der Waals surface area contributed by atoms with E-state index in [1.54, 1.807) is 6.07 Å². The normalized spacial score (nSPS) is 19.9. The molecule has 1 aromatic rings. The predicted octanol–water partition coefficient (Wildman–Crippen LogP) is 1.58. The summed E-state index contributed by atoms with van der Waals surface area (Å²) < 4.78 is 11.1. The van der Waals surface area contributed by atoms with Crippen molar-refractivity contribution in [3.05, 3.63) is 23.8 Å². The van der Waals surface area contributed by atoms with Crippen molar-refractivity contribution in [3.63, 3.8) is 0 Å². The van der Waals surface area contributed by atoms with Crippen LogP contribution in [0.15, 0.2) is 18.2 Å². The fourth-order valence-electron chi connectivity index (χ4n) is 3.00. The average molecular weight is 290 g/mol. The second-order valence-corrected chi connectivity index (χ2v) is 5.68. The molecule has 0 aromatic heterocycles. The Morgan fingerprint density at radius 2 is 2.05 bits per heavy atom. The van der Waals surface area contributed by atoms with E-state index in [9.17, 15) is 4.79 Å². The van der Waals surface area contributed by atoms with Gasteiger partial charge in [-0.1, -0.05) is 6.07 Å². The smallest absolute Gasteiger partial charge is 0.255 e. The third-order valence-electron chi connectivity index (χ3n) is 4.26. The van der Waals surface area contributed by atoms with Crippen LogP contribution < -0.4 is 20.1 Å². The van der Waals surface area contributed by atoms with Gasteiger partial charge in [-0.25, -0.2) is 0 Å². The Labute approximate surface area is 125 Å². The monoisotopic (exact) mass is 290 g/mol. The minimum absolute atomic E-state index is 0.0802. The van der Waals surface area contributed by atoms with Gasteiger partial charge in [0.25, 0.3) is 5.91 Å². The van der Waals surface area contributed by atoms with Gasteiger partial charge in [-0.05, 0) is 50.9 Å². The highest BCUT2D eigenvalue weighted by molar-refractivity contribution is 5.98. The van der Waals surface area contributed by atoms with Crippen LogP contribution in [0, 0.1) is 5.92 Å². The van der Waals surface area contributed by atoms with Crippen LogP contribution in [-0.4, -0.2) is 38.3 Å². The Bertz CT molecular complexity index is 512. The predicted molar refractivity (Wildman–Crippen MR) is 80.0 cm³/mol. The molecule has 0 radical (unpaired) electrons. The number of piperidine rings is 1. The molecule has 1 amide bonds. The summed E-state index contributed by atoms with van der Waals surface area (Å²) >= 11 is 0. The molecule has 0 saturated carbocycles. The molecule has 114 valence electrons. The molecule has 0 spiro atoms. The van der Waals surface area contributed by atoms with Crippen molar-refractivity contribution in [2.24, 2.45) is 5.92 Å². The zero-order chi connectivity index (χ0) is 14.7. The van der Waals surface area contributed by atoms with E-state index in [4.69, 9.17) is 9.47 Å². The molecule has 3 rings (SSSR count). The molecule has 2 aliphatic rings. The quantitative estimate of drug-likeness (QED) is 0.887. The summed E-state index contributed by atoms with van der Waals surface area (Å²) in [7, 11) is 0.